The van der Waals surface area contributed by atoms with Crippen molar-refractivity contribution in [2.45, 2.75) is 57.4 Å². The van der Waals surface area contributed by atoms with Crippen molar-refractivity contribution in [3.8, 4) is 0 Å². The van der Waals surface area contributed by atoms with Crippen LogP contribution >= 0.6 is 0 Å². The standard InChI is InChI=1S/C16H23NO2/c18-16(10-9-14-7-4-12-19-14)17-11-3-6-13-5-1-2-8-15(13)17/h4,7,12-13,15H,1-3,5-6,8-11H2. The monoisotopic (exact) mass is 261 g/mol. The maximum Gasteiger partial charge on any atom is 0.223 e. The van der Waals surface area contributed by atoms with E-state index < -0.39 is 0 Å². The minimum Gasteiger partial charge on any atom is -0.469 e. The lowest BCUT2D eigenvalue weighted by Crippen LogP contribution is -2.49. The third-order valence-corrected chi connectivity index (χ3v) is 4.73. The largest absolute Gasteiger partial charge is 0.469 e. The number of hydrogen-bond acceptors (Lipinski definition) is 2. The Balaban J connectivity index is 1.58. The summed E-state index contributed by atoms with van der Waals surface area (Å²) in [6.45, 7) is 0.970. The van der Waals surface area contributed by atoms with Crippen molar-refractivity contribution in [3.63, 3.8) is 0 Å². The van der Waals surface area contributed by atoms with E-state index in [9.17, 15) is 4.79 Å². The molecule has 2 fully saturated rings. The van der Waals surface area contributed by atoms with Gasteiger partial charge in [0.05, 0.1) is 6.26 Å². The van der Waals surface area contributed by atoms with Gasteiger partial charge in [0.15, 0.2) is 0 Å². The molecule has 2 heterocycles. The summed E-state index contributed by atoms with van der Waals surface area (Å²) >= 11 is 0. The molecular weight excluding hydrogens is 238 g/mol. The maximum absolute atomic E-state index is 12.4. The summed E-state index contributed by atoms with van der Waals surface area (Å²) < 4.78 is 5.31. The van der Waals surface area contributed by atoms with Crippen LogP contribution in [-0.2, 0) is 11.2 Å². The van der Waals surface area contributed by atoms with Gasteiger partial charge in [-0.05, 0) is 43.7 Å². The van der Waals surface area contributed by atoms with Gasteiger partial charge in [-0.15, -0.1) is 0 Å². The Morgan fingerprint density at radius 2 is 2.11 bits per heavy atom. The smallest absolute Gasteiger partial charge is 0.223 e. The molecule has 0 N–H and O–H groups in total. The van der Waals surface area contributed by atoms with E-state index in [1.807, 2.05) is 12.1 Å². The van der Waals surface area contributed by atoms with E-state index in [0.717, 1.165) is 24.6 Å². The van der Waals surface area contributed by atoms with Gasteiger partial charge in [-0.2, -0.15) is 0 Å². The van der Waals surface area contributed by atoms with Crippen molar-refractivity contribution < 1.29 is 9.21 Å². The molecule has 1 aromatic heterocycles. The third-order valence-electron chi connectivity index (χ3n) is 4.73. The van der Waals surface area contributed by atoms with Gasteiger partial charge in [0.25, 0.3) is 0 Å². The predicted octanol–water partition coefficient (Wildman–Crippen LogP) is 3.39. The molecule has 104 valence electrons. The van der Waals surface area contributed by atoms with Crippen LogP contribution in [0.3, 0.4) is 0 Å². The average molecular weight is 261 g/mol. The second-order valence-corrected chi connectivity index (χ2v) is 5.92. The van der Waals surface area contributed by atoms with Crippen molar-refractivity contribution in [3.05, 3.63) is 24.2 Å². The molecule has 3 nitrogen and oxygen atoms in total. The van der Waals surface area contributed by atoms with Crippen molar-refractivity contribution in [2.75, 3.05) is 6.54 Å². The van der Waals surface area contributed by atoms with E-state index in [1.54, 1.807) is 6.26 Å². The SMILES string of the molecule is O=C(CCc1ccco1)N1CCCC2CCCCC21. The fraction of sp³-hybridized carbons (Fsp3) is 0.688. The highest BCUT2D eigenvalue weighted by molar-refractivity contribution is 5.76. The molecule has 1 saturated carbocycles. The van der Waals surface area contributed by atoms with E-state index in [-0.39, 0.29) is 0 Å². The number of furan rings is 1. The second kappa shape index (κ2) is 5.81. The summed E-state index contributed by atoms with van der Waals surface area (Å²) in [6.07, 6.45) is 10.7. The molecule has 3 heteroatoms. The molecule has 2 atom stereocenters. The van der Waals surface area contributed by atoms with Crippen LogP contribution in [0.25, 0.3) is 0 Å². The minimum absolute atomic E-state index is 0.327. The van der Waals surface area contributed by atoms with Gasteiger partial charge in [-0.25, -0.2) is 0 Å². The molecule has 0 spiro atoms. The van der Waals surface area contributed by atoms with Crippen molar-refractivity contribution in [1.29, 1.82) is 0 Å². The van der Waals surface area contributed by atoms with E-state index in [0.29, 0.717) is 18.4 Å². The van der Waals surface area contributed by atoms with E-state index >= 15 is 0 Å². The second-order valence-electron chi connectivity index (χ2n) is 5.92. The summed E-state index contributed by atoms with van der Waals surface area (Å²) in [5.41, 5.74) is 0. The number of carbonyl (C=O) groups excluding carboxylic acids is 1. The summed E-state index contributed by atoms with van der Waals surface area (Å²) in [5, 5.41) is 0. The van der Waals surface area contributed by atoms with Crippen LogP contribution in [0.1, 0.15) is 50.7 Å². The first-order valence-corrected chi connectivity index (χ1v) is 7.66. The van der Waals surface area contributed by atoms with Crippen LogP contribution in [0, 0.1) is 5.92 Å². The molecule has 1 aromatic rings. The molecule has 1 amide bonds. The van der Waals surface area contributed by atoms with Crippen molar-refractivity contribution >= 4 is 5.91 Å². The molecule has 0 aromatic carbocycles. The molecule has 2 aliphatic rings. The Labute approximate surface area is 115 Å². The molecule has 2 unspecified atom stereocenters. The lowest BCUT2D eigenvalue weighted by molar-refractivity contribution is -0.137. The number of fused-ring (bicyclic) bond motifs is 1. The summed E-state index contributed by atoms with van der Waals surface area (Å²) in [6, 6.07) is 4.37. The number of rotatable bonds is 3. The van der Waals surface area contributed by atoms with Gasteiger partial charge in [0, 0.05) is 25.4 Å². The zero-order valence-electron chi connectivity index (χ0n) is 11.5. The zero-order valence-corrected chi connectivity index (χ0v) is 11.5. The number of hydrogen-bond donors (Lipinski definition) is 0. The Kier molecular flexibility index (Phi) is 3.90. The normalized spacial score (nSPS) is 27.1. The Morgan fingerprint density at radius 3 is 2.95 bits per heavy atom. The summed E-state index contributed by atoms with van der Waals surface area (Å²) in [4.78, 5) is 14.6. The summed E-state index contributed by atoms with van der Waals surface area (Å²) in [5.74, 6) is 2.02. The van der Waals surface area contributed by atoms with E-state index in [1.165, 1.54) is 38.5 Å². The fourth-order valence-electron chi connectivity index (χ4n) is 3.76. The van der Waals surface area contributed by atoms with Crippen LogP contribution in [0.4, 0.5) is 0 Å². The van der Waals surface area contributed by atoms with E-state index in [2.05, 4.69) is 4.90 Å². The highest BCUT2D eigenvalue weighted by Crippen LogP contribution is 2.35. The van der Waals surface area contributed by atoms with Crippen LogP contribution in [0.2, 0.25) is 0 Å². The lowest BCUT2D eigenvalue weighted by atomic mass is 9.78. The Hall–Kier alpha value is -1.25. The molecular formula is C16H23NO2. The molecule has 1 saturated heterocycles. The van der Waals surface area contributed by atoms with Crippen LogP contribution < -0.4 is 0 Å². The van der Waals surface area contributed by atoms with Crippen LogP contribution in [0.15, 0.2) is 22.8 Å². The molecule has 3 rings (SSSR count). The van der Waals surface area contributed by atoms with Gasteiger partial charge >= 0.3 is 0 Å². The van der Waals surface area contributed by atoms with Gasteiger partial charge in [0.2, 0.25) is 5.91 Å². The van der Waals surface area contributed by atoms with E-state index in [4.69, 9.17) is 4.42 Å². The zero-order chi connectivity index (χ0) is 13.1. The number of piperidine rings is 1. The topological polar surface area (TPSA) is 33.5 Å². The number of likely N-dealkylation sites (tertiary alicyclic amines) is 1. The molecule has 1 aliphatic heterocycles. The maximum atomic E-state index is 12.4. The third kappa shape index (κ3) is 2.85. The van der Waals surface area contributed by atoms with Crippen LogP contribution in [-0.4, -0.2) is 23.4 Å². The number of aryl methyl sites for hydroxylation is 1. The first kappa shape index (κ1) is 12.8. The molecule has 0 radical (unpaired) electrons. The van der Waals surface area contributed by atoms with Crippen molar-refractivity contribution in [2.24, 2.45) is 5.92 Å². The van der Waals surface area contributed by atoms with Gasteiger partial charge in [-0.1, -0.05) is 12.8 Å². The Bertz CT molecular complexity index is 410. The van der Waals surface area contributed by atoms with Gasteiger partial charge in [0.1, 0.15) is 5.76 Å². The first-order valence-electron chi connectivity index (χ1n) is 7.66. The average Bonchev–Trinajstić information content (AvgIpc) is 2.97. The van der Waals surface area contributed by atoms with Crippen molar-refractivity contribution in [1.82, 2.24) is 4.90 Å². The van der Waals surface area contributed by atoms with Gasteiger partial charge in [-0.3, -0.25) is 4.79 Å². The lowest BCUT2D eigenvalue weighted by Gasteiger charge is -2.44. The first-order chi connectivity index (χ1) is 9.34. The highest BCUT2D eigenvalue weighted by Gasteiger charge is 2.35. The number of nitrogens with zero attached hydrogens (tertiary/aromatic N) is 1. The summed E-state index contributed by atoms with van der Waals surface area (Å²) in [7, 11) is 0. The molecule has 0 bridgehead atoms. The minimum atomic E-state index is 0.327. The fourth-order valence-corrected chi connectivity index (χ4v) is 3.76. The quantitative estimate of drug-likeness (QED) is 0.835. The number of carbonyl (C=O) groups is 1. The Morgan fingerprint density at radius 1 is 1.26 bits per heavy atom. The van der Waals surface area contributed by atoms with Crippen LogP contribution in [0.5, 0.6) is 0 Å². The number of amides is 1. The molecule has 19 heavy (non-hydrogen) atoms. The highest BCUT2D eigenvalue weighted by atomic mass is 16.3. The van der Waals surface area contributed by atoms with Gasteiger partial charge < -0.3 is 9.32 Å². The predicted molar refractivity (Wildman–Crippen MR) is 73.7 cm³/mol. The molecule has 1 aliphatic carbocycles.